The molecule has 0 radical (unpaired) electrons. The summed E-state index contributed by atoms with van der Waals surface area (Å²) in [6.07, 6.45) is 2.46. The van der Waals surface area contributed by atoms with Crippen LogP contribution >= 0.6 is 0 Å². The van der Waals surface area contributed by atoms with Crippen LogP contribution in [-0.2, 0) is 0 Å². The number of benzene rings is 1. The van der Waals surface area contributed by atoms with Crippen molar-refractivity contribution in [2.45, 2.75) is 39.7 Å². The fourth-order valence-electron chi connectivity index (χ4n) is 2.18. The minimum Gasteiger partial charge on any atom is -0.329 e. The molecule has 0 bridgehead atoms. The number of nitrogens with two attached hydrogens (primary N) is 1. The van der Waals surface area contributed by atoms with E-state index in [0.717, 1.165) is 12.5 Å². The highest BCUT2D eigenvalue weighted by Gasteiger charge is 2.12. The van der Waals surface area contributed by atoms with E-state index in [-0.39, 0.29) is 6.04 Å². The number of nitrogens with one attached hydrogen (secondary N) is 1. The zero-order chi connectivity index (χ0) is 12.7. The molecule has 0 aromatic heterocycles. The monoisotopic (exact) mass is 234 g/mol. The Hall–Kier alpha value is -0.860. The molecule has 17 heavy (non-hydrogen) atoms. The third-order valence-corrected chi connectivity index (χ3v) is 3.61. The van der Waals surface area contributed by atoms with Crippen molar-refractivity contribution in [2.75, 3.05) is 13.1 Å². The summed E-state index contributed by atoms with van der Waals surface area (Å²) in [5.41, 5.74) is 8.53. The first kappa shape index (κ1) is 14.2. The van der Waals surface area contributed by atoms with Gasteiger partial charge in [-0.05, 0) is 30.5 Å². The van der Waals surface area contributed by atoms with Crippen molar-refractivity contribution >= 4 is 0 Å². The van der Waals surface area contributed by atoms with Crippen molar-refractivity contribution in [2.24, 2.45) is 11.7 Å². The highest BCUT2D eigenvalue weighted by molar-refractivity contribution is 5.28. The van der Waals surface area contributed by atoms with Crippen molar-refractivity contribution < 1.29 is 0 Å². The first-order valence-corrected chi connectivity index (χ1v) is 6.71. The fraction of sp³-hybridized carbons (Fsp3) is 0.600. The van der Waals surface area contributed by atoms with Crippen LogP contribution in [0, 0.1) is 12.8 Å². The highest BCUT2D eigenvalue weighted by atomic mass is 14.9. The number of hydrogen-bond acceptors (Lipinski definition) is 2. The van der Waals surface area contributed by atoms with Crippen LogP contribution in [0.2, 0.25) is 0 Å². The summed E-state index contributed by atoms with van der Waals surface area (Å²) in [6.45, 7) is 8.37. The Morgan fingerprint density at radius 1 is 1.18 bits per heavy atom. The van der Waals surface area contributed by atoms with Crippen molar-refractivity contribution in [3.8, 4) is 0 Å². The zero-order valence-corrected chi connectivity index (χ0v) is 11.4. The van der Waals surface area contributed by atoms with Crippen LogP contribution in [0.5, 0.6) is 0 Å². The first-order valence-electron chi connectivity index (χ1n) is 6.71. The quantitative estimate of drug-likeness (QED) is 0.761. The van der Waals surface area contributed by atoms with Gasteiger partial charge in [0.15, 0.2) is 0 Å². The molecule has 0 aliphatic carbocycles. The Kier molecular flexibility index (Phi) is 6.23. The molecule has 0 saturated carbocycles. The van der Waals surface area contributed by atoms with Crippen molar-refractivity contribution in [3.05, 3.63) is 35.4 Å². The predicted molar refractivity (Wildman–Crippen MR) is 75.0 cm³/mol. The molecule has 1 atom stereocenters. The Bertz CT molecular complexity index is 318. The van der Waals surface area contributed by atoms with Crippen LogP contribution in [-0.4, -0.2) is 13.1 Å². The van der Waals surface area contributed by atoms with E-state index in [1.807, 2.05) is 0 Å². The third-order valence-electron chi connectivity index (χ3n) is 3.61. The van der Waals surface area contributed by atoms with Crippen LogP contribution in [0.4, 0.5) is 0 Å². The SMILES string of the molecule is CCC(CC)CNC(CN)c1ccccc1C. The lowest BCUT2D eigenvalue weighted by atomic mass is 9.99. The number of aryl methyl sites for hydroxylation is 1. The Balaban J connectivity index is 2.63. The summed E-state index contributed by atoms with van der Waals surface area (Å²) >= 11 is 0. The van der Waals surface area contributed by atoms with E-state index in [4.69, 9.17) is 5.73 Å². The van der Waals surface area contributed by atoms with Gasteiger partial charge in [0.1, 0.15) is 0 Å². The van der Waals surface area contributed by atoms with Crippen molar-refractivity contribution in [3.63, 3.8) is 0 Å². The van der Waals surface area contributed by atoms with E-state index in [1.54, 1.807) is 0 Å². The minimum atomic E-state index is 0.289. The largest absolute Gasteiger partial charge is 0.329 e. The van der Waals surface area contributed by atoms with Gasteiger partial charge in [-0.1, -0.05) is 51.0 Å². The van der Waals surface area contributed by atoms with Crippen LogP contribution in [0.3, 0.4) is 0 Å². The molecule has 0 spiro atoms. The molecule has 0 aliphatic heterocycles. The second-order valence-corrected chi connectivity index (χ2v) is 4.74. The topological polar surface area (TPSA) is 38.0 Å². The van der Waals surface area contributed by atoms with Crippen molar-refractivity contribution in [1.82, 2.24) is 5.32 Å². The molecular weight excluding hydrogens is 208 g/mol. The van der Waals surface area contributed by atoms with E-state index < -0.39 is 0 Å². The van der Waals surface area contributed by atoms with Gasteiger partial charge in [0.25, 0.3) is 0 Å². The molecule has 1 aromatic carbocycles. The van der Waals surface area contributed by atoms with Gasteiger partial charge in [0.05, 0.1) is 0 Å². The molecule has 2 heteroatoms. The molecular formula is C15H26N2. The van der Waals surface area contributed by atoms with Crippen LogP contribution in [0.1, 0.15) is 43.9 Å². The molecule has 0 saturated heterocycles. The Morgan fingerprint density at radius 2 is 1.82 bits per heavy atom. The van der Waals surface area contributed by atoms with Crippen LogP contribution < -0.4 is 11.1 Å². The fourth-order valence-corrected chi connectivity index (χ4v) is 2.18. The van der Waals surface area contributed by atoms with E-state index in [0.29, 0.717) is 6.54 Å². The summed E-state index contributed by atoms with van der Waals surface area (Å²) in [5, 5.41) is 3.60. The summed E-state index contributed by atoms with van der Waals surface area (Å²) in [7, 11) is 0. The van der Waals surface area contributed by atoms with Crippen LogP contribution in [0.15, 0.2) is 24.3 Å². The average molecular weight is 234 g/mol. The number of rotatable bonds is 7. The van der Waals surface area contributed by atoms with E-state index in [2.05, 4.69) is 50.4 Å². The predicted octanol–water partition coefficient (Wildman–Crippen LogP) is 3.02. The molecule has 0 fully saturated rings. The first-order chi connectivity index (χ1) is 8.22. The Labute approximate surface area is 106 Å². The van der Waals surface area contributed by atoms with Gasteiger partial charge < -0.3 is 11.1 Å². The molecule has 0 amide bonds. The number of hydrogen-bond donors (Lipinski definition) is 2. The zero-order valence-electron chi connectivity index (χ0n) is 11.4. The lowest BCUT2D eigenvalue weighted by Crippen LogP contribution is -2.32. The molecule has 2 nitrogen and oxygen atoms in total. The van der Waals surface area contributed by atoms with Gasteiger partial charge in [-0.25, -0.2) is 0 Å². The molecule has 3 N–H and O–H groups in total. The molecule has 0 heterocycles. The standard InChI is InChI=1S/C15H26N2/c1-4-13(5-2)11-17-15(10-16)14-9-7-6-8-12(14)3/h6-9,13,15,17H,4-5,10-11,16H2,1-3H3. The molecule has 96 valence electrons. The average Bonchev–Trinajstić information content (AvgIpc) is 2.36. The molecule has 1 rings (SSSR count). The van der Waals surface area contributed by atoms with Gasteiger partial charge in [-0.3, -0.25) is 0 Å². The van der Waals surface area contributed by atoms with Gasteiger partial charge in [-0.2, -0.15) is 0 Å². The van der Waals surface area contributed by atoms with E-state index in [1.165, 1.54) is 24.0 Å². The maximum Gasteiger partial charge on any atom is 0.0447 e. The third kappa shape index (κ3) is 4.14. The van der Waals surface area contributed by atoms with Gasteiger partial charge >= 0.3 is 0 Å². The summed E-state index contributed by atoms with van der Waals surface area (Å²) in [6, 6.07) is 8.78. The highest BCUT2D eigenvalue weighted by Crippen LogP contribution is 2.17. The van der Waals surface area contributed by atoms with Crippen molar-refractivity contribution in [1.29, 1.82) is 0 Å². The van der Waals surface area contributed by atoms with Gasteiger partial charge in [0.2, 0.25) is 0 Å². The molecule has 1 aromatic rings. The normalized spacial score (nSPS) is 13.0. The van der Waals surface area contributed by atoms with Gasteiger partial charge in [0, 0.05) is 12.6 Å². The second kappa shape index (κ2) is 7.46. The second-order valence-electron chi connectivity index (χ2n) is 4.74. The van der Waals surface area contributed by atoms with E-state index in [9.17, 15) is 0 Å². The van der Waals surface area contributed by atoms with E-state index >= 15 is 0 Å². The molecule has 1 unspecified atom stereocenters. The smallest absolute Gasteiger partial charge is 0.0447 e. The lowest BCUT2D eigenvalue weighted by molar-refractivity contribution is 0.413. The summed E-state index contributed by atoms with van der Waals surface area (Å²) in [5.74, 6) is 0.757. The summed E-state index contributed by atoms with van der Waals surface area (Å²) in [4.78, 5) is 0. The maximum absolute atomic E-state index is 5.88. The lowest BCUT2D eigenvalue weighted by Gasteiger charge is -2.22. The van der Waals surface area contributed by atoms with Crippen LogP contribution in [0.25, 0.3) is 0 Å². The molecule has 0 aliphatic rings. The van der Waals surface area contributed by atoms with Gasteiger partial charge in [-0.15, -0.1) is 0 Å². The Morgan fingerprint density at radius 3 is 2.35 bits per heavy atom. The summed E-state index contributed by atoms with van der Waals surface area (Å²) < 4.78 is 0. The maximum atomic E-state index is 5.88. The minimum absolute atomic E-state index is 0.289.